The van der Waals surface area contributed by atoms with Crippen LogP contribution in [-0.2, 0) is 16.6 Å². The highest BCUT2D eigenvalue weighted by molar-refractivity contribution is 7.93. The lowest BCUT2D eigenvalue weighted by Crippen LogP contribution is -2.14. The number of aryl methyl sites for hydroxylation is 4. The van der Waals surface area contributed by atoms with Gasteiger partial charge in [-0.15, -0.1) is 11.3 Å². The Morgan fingerprint density at radius 3 is 2.40 bits per heavy atom. The highest BCUT2D eigenvalue weighted by Gasteiger charge is 2.22. The molecule has 0 fully saturated rings. The molecule has 0 amide bonds. The Bertz CT molecular complexity index is 742. The molecule has 0 aliphatic carbocycles. The summed E-state index contributed by atoms with van der Waals surface area (Å²) in [7, 11) is -3.56. The van der Waals surface area contributed by atoms with Crippen LogP contribution >= 0.6 is 11.3 Å². The van der Waals surface area contributed by atoms with E-state index in [1.165, 1.54) is 11.3 Å². The number of hydrogen-bond donors (Lipinski definition) is 1. The van der Waals surface area contributed by atoms with E-state index in [9.17, 15) is 8.42 Å². The van der Waals surface area contributed by atoms with Crippen molar-refractivity contribution in [3.8, 4) is 0 Å². The SMILES string of the molecule is CCn1nc(C)c(NS(=O)(=O)c2cc(C)sc2C)c1C. The first-order valence-corrected chi connectivity index (χ1v) is 8.70. The number of anilines is 1. The first-order valence-electron chi connectivity index (χ1n) is 6.40. The van der Waals surface area contributed by atoms with Crippen molar-refractivity contribution in [3.63, 3.8) is 0 Å². The third-order valence-electron chi connectivity index (χ3n) is 3.20. The zero-order valence-corrected chi connectivity index (χ0v) is 13.9. The van der Waals surface area contributed by atoms with E-state index in [4.69, 9.17) is 0 Å². The summed E-state index contributed by atoms with van der Waals surface area (Å²) in [6.07, 6.45) is 0. The van der Waals surface area contributed by atoms with Crippen LogP contribution in [0, 0.1) is 27.7 Å². The molecule has 1 N–H and O–H groups in total. The Balaban J connectivity index is 2.44. The van der Waals surface area contributed by atoms with E-state index in [1.807, 2.05) is 34.6 Å². The fraction of sp³-hybridized carbons (Fsp3) is 0.462. The largest absolute Gasteiger partial charge is 0.276 e. The van der Waals surface area contributed by atoms with Crippen LogP contribution in [0.25, 0.3) is 0 Å². The van der Waals surface area contributed by atoms with Gasteiger partial charge in [-0.1, -0.05) is 0 Å². The van der Waals surface area contributed by atoms with Gasteiger partial charge in [0.2, 0.25) is 0 Å². The standard InChI is InChI=1S/C13H19N3O2S2/c1-6-16-10(4)13(9(3)14-16)15-20(17,18)12-7-8(2)19-11(12)5/h7,15H,6H2,1-5H3. The van der Waals surface area contributed by atoms with Crippen molar-refractivity contribution in [2.45, 2.75) is 46.1 Å². The predicted molar refractivity (Wildman–Crippen MR) is 82.0 cm³/mol. The highest BCUT2D eigenvalue weighted by Crippen LogP contribution is 2.28. The summed E-state index contributed by atoms with van der Waals surface area (Å²) in [5, 5.41) is 4.33. The van der Waals surface area contributed by atoms with Crippen LogP contribution in [0.1, 0.15) is 28.1 Å². The molecule has 20 heavy (non-hydrogen) atoms. The molecule has 0 radical (unpaired) electrons. The van der Waals surface area contributed by atoms with Gasteiger partial charge in [0.05, 0.1) is 17.1 Å². The number of nitrogens with one attached hydrogen (secondary N) is 1. The molecule has 0 aromatic carbocycles. The minimum absolute atomic E-state index is 0.350. The Hall–Kier alpha value is -1.34. The molecule has 0 unspecified atom stereocenters. The minimum atomic E-state index is -3.56. The Morgan fingerprint density at radius 1 is 1.30 bits per heavy atom. The fourth-order valence-electron chi connectivity index (χ4n) is 2.22. The Labute approximate surface area is 123 Å². The van der Waals surface area contributed by atoms with E-state index in [0.29, 0.717) is 22.8 Å². The van der Waals surface area contributed by atoms with Crippen molar-refractivity contribution in [2.24, 2.45) is 0 Å². The smallest absolute Gasteiger partial charge is 0.263 e. The molecule has 0 saturated heterocycles. The number of nitrogens with zero attached hydrogens (tertiary/aromatic N) is 2. The monoisotopic (exact) mass is 313 g/mol. The van der Waals surface area contributed by atoms with Crippen molar-refractivity contribution in [1.82, 2.24) is 9.78 Å². The van der Waals surface area contributed by atoms with E-state index >= 15 is 0 Å². The molecule has 0 bridgehead atoms. The molecule has 2 heterocycles. The Kier molecular flexibility index (Phi) is 3.93. The van der Waals surface area contributed by atoms with E-state index in [2.05, 4.69) is 9.82 Å². The van der Waals surface area contributed by atoms with Crippen LogP contribution in [0.15, 0.2) is 11.0 Å². The van der Waals surface area contributed by atoms with Gasteiger partial charge in [-0.2, -0.15) is 5.10 Å². The lowest BCUT2D eigenvalue weighted by molar-refractivity contribution is 0.601. The first-order chi connectivity index (χ1) is 9.26. The predicted octanol–water partition coefficient (Wildman–Crippen LogP) is 3.00. The van der Waals surface area contributed by atoms with Gasteiger partial charge in [0.15, 0.2) is 0 Å². The molecule has 0 atom stereocenters. The van der Waals surface area contributed by atoms with Gasteiger partial charge in [-0.25, -0.2) is 8.42 Å². The van der Waals surface area contributed by atoms with Crippen LogP contribution < -0.4 is 4.72 Å². The summed E-state index contributed by atoms with van der Waals surface area (Å²) in [6, 6.07) is 1.71. The second kappa shape index (κ2) is 5.21. The Morgan fingerprint density at radius 2 is 1.95 bits per heavy atom. The molecule has 7 heteroatoms. The van der Waals surface area contributed by atoms with Crippen LogP contribution in [0.3, 0.4) is 0 Å². The van der Waals surface area contributed by atoms with E-state index in [1.54, 1.807) is 10.7 Å². The van der Waals surface area contributed by atoms with Crippen molar-refractivity contribution >= 4 is 27.0 Å². The molecule has 2 rings (SSSR count). The van der Waals surface area contributed by atoms with Gasteiger partial charge in [0.1, 0.15) is 4.90 Å². The zero-order chi connectivity index (χ0) is 15.1. The van der Waals surface area contributed by atoms with Gasteiger partial charge in [-0.05, 0) is 40.7 Å². The van der Waals surface area contributed by atoms with Gasteiger partial charge in [-0.3, -0.25) is 9.40 Å². The summed E-state index contributed by atoms with van der Waals surface area (Å²) >= 11 is 1.48. The lowest BCUT2D eigenvalue weighted by Gasteiger charge is -2.08. The summed E-state index contributed by atoms with van der Waals surface area (Å²) < 4.78 is 29.5. The summed E-state index contributed by atoms with van der Waals surface area (Å²) in [5.41, 5.74) is 2.10. The van der Waals surface area contributed by atoms with Crippen molar-refractivity contribution in [1.29, 1.82) is 0 Å². The third kappa shape index (κ3) is 2.60. The number of hydrogen-bond acceptors (Lipinski definition) is 4. The van der Waals surface area contributed by atoms with Crippen LogP contribution in [0.2, 0.25) is 0 Å². The second-order valence-corrected chi connectivity index (χ2v) is 7.86. The van der Waals surface area contributed by atoms with E-state index < -0.39 is 10.0 Å². The molecule has 2 aromatic heterocycles. The number of rotatable bonds is 4. The van der Waals surface area contributed by atoms with E-state index in [-0.39, 0.29) is 0 Å². The average Bonchev–Trinajstić information content (AvgIpc) is 2.83. The molecule has 0 saturated carbocycles. The molecule has 0 spiro atoms. The van der Waals surface area contributed by atoms with Crippen molar-refractivity contribution in [2.75, 3.05) is 4.72 Å². The third-order valence-corrected chi connectivity index (χ3v) is 5.77. The molecular weight excluding hydrogens is 294 g/mol. The van der Waals surface area contributed by atoms with E-state index in [0.717, 1.165) is 15.4 Å². The van der Waals surface area contributed by atoms with Crippen LogP contribution in [0.5, 0.6) is 0 Å². The summed E-state index contributed by atoms with van der Waals surface area (Å²) in [5.74, 6) is 0. The van der Waals surface area contributed by atoms with Gasteiger partial charge >= 0.3 is 0 Å². The van der Waals surface area contributed by atoms with Crippen LogP contribution in [-0.4, -0.2) is 18.2 Å². The number of thiophene rings is 1. The highest BCUT2D eigenvalue weighted by atomic mass is 32.2. The van der Waals surface area contributed by atoms with Crippen LogP contribution in [0.4, 0.5) is 5.69 Å². The maximum Gasteiger partial charge on any atom is 0.263 e. The summed E-state index contributed by atoms with van der Waals surface area (Å²) in [6.45, 7) is 10.1. The lowest BCUT2D eigenvalue weighted by atomic mass is 10.3. The molecule has 2 aromatic rings. The van der Waals surface area contributed by atoms with Crippen molar-refractivity contribution < 1.29 is 8.42 Å². The second-order valence-electron chi connectivity index (χ2n) is 4.74. The maximum atomic E-state index is 12.5. The maximum absolute atomic E-state index is 12.5. The molecule has 0 aliphatic heterocycles. The summed E-state index contributed by atoms with van der Waals surface area (Å²) in [4.78, 5) is 2.14. The molecule has 0 aliphatic rings. The van der Waals surface area contributed by atoms with Gasteiger partial charge in [0, 0.05) is 16.3 Å². The average molecular weight is 313 g/mol. The van der Waals surface area contributed by atoms with Gasteiger partial charge < -0.3 is 0 Å². The van der Waals surface area contributed by atoms with Crippen molar-refractivity contribution in [3.05, 3.63) is 27.2 Å². The molecule has 5 nitrogen and oxygen atoms in total. The quantitative estimate of drug-likeness (QED) is 0.943. The molecule has 110 valence electrons. The van der Waals surface area contributed by atoms with Gasteiger partial charge in [0.25, 0.3) is 10.0 Å². The normalized spacial score (nSPS) is 11.8. The zero-order valence-electron chi connectivity index (χ0n) is 12.3. The topological polar surface area (TPSA) is 64.0 Å². The number of aromatic nitrogens is 2. The molecular formula is C13H19N3O2S2. The fourth-order valence-corrected chi connectivity index (χ4v) is 4.95. The number of sulfonamides is 1. The minimum Gasteiger partial charge on any atom is -0.276 e. The first kappa shape index (κ1) is 15.1.